The van der Waals surface area contributed by atoms with E-state index >= 15 is 0 Å². The van der Waals surface area contributed by atoms with Crippen LogP contribution in [0, 0.1) is 0 Å². The minimum Gasteiger partial charge on any atom is -0.481 e. The Balaban J connectivity index is 5.30. The molecule has 0 saturated heterocycles. The Kier molecular flexibility index (Phi) is 12.1. The van der Waals surface area contributed by atoms with E-state index in [1.807, 2.05) is 0 Å². The SMILES string of the molecule is CC(N)C(=O)NC(CS)C(=O)NC(CCC(=O)O)C(=O)NC(CCC(N)=O)C(=O)O. The van der Waals surface area contributed by atoms with E-state index in [2.05, 4.69) is 28.6 Å². The molecule has 0 aliphatic heterocycles. The van der Waals surface area contributed by atoms with Crippen LogP contribution in [0.4, 0.5) is 0 Å². The number of carboxylic acid groups (broad SMARTS) is 2. The summed E-state index contributed by atoms with van der Waals surface area (Å²) in [5, 5.41) is 24.8. The molecule has 0 aliphatic rings. The van der Waals surface area contributed by atoms with Gasteiger partial charge in [0.25, 0.3) is 0 Å². The summed E-state index contributed by atoms with van der Waals surface area (Å²) in [7, 11) is 0. The lowest BCUT2D eigenvalue weighted by Crippen LogP contribution is -2.57. The van der Waals surface area contributed by atoms with E-state index in [9.17, 15) is 33.9 Å². The van der Waals surface area contributed by atoms with Gasteiger partial charge in [0.05, 0.1) is 6.04 Å². The van der Waals surface area contributed by atoms with Crippen LogP contribution in [0.2, 0.25) is 0 Å². The van der Waals surface area contributed by atoms with E-state index in [-0.39, 0.29) is 25.0 Å². The average Bonchev–Trinajstić information content (AvgIpc) is 2.64. The van der Waals surface area contributed by atoms with Gasteiger partial charge in [0.1, 0.15) is 18.1 Å². The van der Waals surface area contributed by atoms with Crippen molar-refractivity contribution < 1.29 is 39.0 Å². The molecule has 0 rings (SSSR count). The fourth-order valence-corrected chi connectivity index (χ4v) is 2.38. The highest BCUT2D eigenvalue weighted by Crippen LogP contribution is 2.04. The van der Waals surface area contributed by atoms with E-state index in [0.717, 1.165) is 0 Å². The van der Waals surface area contributed by atoms with Crippen LogP contribution in [0.15, 0.2) is 0 Å². The number of aliphatic carboxylic acids is 2. The number of carbonyl (C=O) groups is 6. The van der Waals surface area contributed by atoms with Gasteiger partial charge in [0.2, 0.25) is 23.6 Å². The van der Waals surface area contributed by atoms with E-state index < -0.39 is 66.2 Å². The molecule has 4 atom stereocenters. The van der Waals surface area contributed by atoms with Gasteiger partial charge in [-0.1, -0.05) is 0 Å². The lowest BCUT2D eigenvalue weighted by atomic mass is 10.1. The highest BCUT2D eigenvalue weighted by Gasteiger charge is 2.30. The Hall–Kier alpha value is -2.87. The second kappa shape index (κ2) is 13.4. The molecular weight excluding hydrogens is 422 g/mol. The van der Waals surface area contributed by atoms with E-state index in [4.69, 9.17) is 16.6 Å². The van der Waals surface area contributed by atoms with Crippen molar-refractivity contribution in [3.05, 3.63) is 0 Å². The van der Waals surface area contributed by atoms with Gasteiger partial charge >= 0.3 is 11.9 Å². The van der Waals surface area contributed by atoms with E-state index in [1.54, 1.807) is 0 Å². The quantitative estimate of drug-likeness (QED) is 0.126. The molecule has 0 spiro atoms. The van der Waals surface area contributed by atoms with Crippen molar-refractivity contribution in [1.29, 1.82) is 0 Å². The summed E-state index contributed by atoms with van der Waals surface area (Å²) in [6, 6.07) is -4.98. The van der Waals surface area contributed by atoms with Crippen molar-refractivity contribution >= 4 is 48.2 Å². The topological polar surface area (TPSA) is 231 Å². The molecule has 0 aromatic rings. The molecular formula is C16H27N5O8S. The molecule has 14 heteroatoms. The second-order valence-corrected chi connectivity index (χ2v) is 6.80. The molecule has 170 valence electrons. The molecule has 0 fully saturated rings. The zero-order valence-corrected chi connectivity index (χ0v) is 17.2. The normalized spacial score (nSPS) is 14.5. The molecule has 4 amide bonds. The minimum atomic E-state index is -1.48. The number of thiol groups is 1. The maximum Gasteiger partial charge on any atom is 0.326 e. The Morgan fingerprint density at radius 2 is 1.30 bits per heavy atom. The maximum atomic E-state index is 12.5. The average molecular weight is 449 g/mol. The molecule has 0 aromatic carbocycles. The Morgan fingerprint density at radius 1 is 0.833 bits per heavy atom. The molecule has 0 bridgehead atoms. The summed E-state index contributed by atoms with van der Waals surface area (Å²) < 4.78 is 0. The number of rotatable bonds is 14. The number of nitrogens with two attached hydrogens (primary N) is 2. The molecule has 0 heterocycles. The lowest BCUT2D eigenvalue weighted by Gasteiger charge is -2.24. The highest BCUT2D eigenvalue weighted by molar-refractivity contribution is 7.80. The molecule has 30 heavy (non-hydrogen) atoms. The number of carboxylic acids is 2. The molecule has 0 aromatic heterocycles. The Morgan fingerprint density at radius 3 is 1.73 bits per heavy atom. The standard InChI is InChI=1S/C16H27N5O8S/c1-7(17)13(25)21-10(6-30)15(27)19-8(3-5-12(23)24)14(26)20-9(16(28)29)2-4-11(18)22/h7-10,30H,2-6,17H2,1H3,(H2,18,22)(H,19,27)(H,20,26)(H,21,25)(H,23,24)(H,28,29). The molecule has 0 aliphatic carbocycles. The van der Waals surface area contributed by atoms with Crippen LogP contribution >= 0.6 is 12.6 Å². The Labute approximate surface area is 177 Å². The number of hydrogen-bond donors (Lipinski definition) is 8. The summed E-state index contributed by atoms with van der Waals surface area (Å²) in [5.74, 6) is -6.06. The maximum absolute atomic E-state index is 12.5. The Bertz CT molecular complexity index is 672. The highest BCUT2D eigenvalue weighted by atomic mass is 32.1. The summed E-state index contributed by atoms with van der Waals surface area (Å²) >= 11 is 3.95. The van der Waals surface area contributed by atoms with Crippen LogP contribution in [0.1, 0.15) is 32.6 Å². The summed E-state index contributed by atoms with van der Waals surface area (Å²) in [4.78, 5) is 69.6. The largest absolute Gasteiger partial charge is 0.481 e. The molecule has 0 radical (unpaired) electrons. The molecule has 13 nitrogen and oxygen atoms in total. The van der Waals surface area contributed by atoms with Gasteiger partial charge in [-0.3, -0.25) is 24.0 Å². The molecule has 4 unspecified atom stereocenters. The minimum absolute atomic E-state index is 0.145. The van der Waals surface area contributed by atoms with Crippen molar-refractivity contribution in [3.8, 4) is 0 Å². The zero-order chi connectivity index (χ0) is 23.4. The van der Waals surface area contributed by atoms with Gasteiger partial charge in [-0.25, -0.2) is 4.79 Å². The van der Waals surface area contributed by atoms with Crippen molar-refractivity contribution in [3.63, 3.8) is 0 Å². The zero-order valence-electron chi connectivity index (χ0n) is 16.3. The number of amides is 4. The van der Waals surface area contributed by atoms with Crippen molar-refractivity contribution in [2.45, 2.75) is 56.8 Å². The van der Waals surface area contributed by atoms with Gasteiger partial charge < -0.3 is 37.6 Å². The van der Waals surface area contributed by atoms with Crippen LogP contribution < -0.4 is 27.4 Å². The van der Waals surface area contributed by atoms with Gasteiger partial charge in [0.15, 0.2) is 0 Å². The van der Waals surface area contributed by atoms with Crippen LogP contribution in [0.3, 0.4) is 0 Å². The van der Waals surface area contributed by atoms with Crippen molar-refractivity contribution in [1.82, 2.24) is 16.0 Å². The van der Waals surface area contributed by atoms with Crippen LogP contribution in [0.25, 0.3) is 0 Å². The first-order chi connectivity index (χ1) is 13.9. The van der Waals surface area contributed by atoms with E-state index in [0.29, 0.717) is 0 Å². The third kappa shape index (κ3) is 10.6. The number of primary amides is 1. The first kappa shape index (κ1) is 27.1. The predicted octanol–water partition coefficient (Wildman–Crippen LogP) is -3.07. The third-order valence-electron chi connectivity index (χ3n) is 3.80. The fourth-order valence-electron chi connectivity index (χ4n) is 2.12. The van der Waals surface area contributed by atoms with Gasteiger partial charge in [0, 0.05) is 18.6 Å². The van der Waals surface area contributed by atoms with Crippen LogP contribution in [-0.4, -0.2) is 75.7 Å². The van der Waals surface area contributed by atoms with Gasteiger partial charge in [-0.2, -0.15) is 12.6 Å². The number of nitrogens with one attached hydrogen (secondary N) is 3. The monoisotopic (exact) mass is 449 g/mol. The predicted molar refractivity (Wildman–Crippen MR) is 106 cm³/mol. The smallest absolute Gasteiger partial charge is 0.326 e. The fraction of sp³-hybridized carbons (Fsp3) is 0.625. The van der Waals surface area contributed by atoms with Crippen molar-refractivity contribution in [2.24, 2.45) is 11.5 Å². The third-order valence-corrected chi connectivity index (χ3v) is 4.17. The van der Waals surface area contributed by atoms with Gasteiger partial charge in [-0.15, -0.1) is 0 Å². The summed E-state index contributed by atoms with van der Waals surface area (Å²) in [5.41, 5.74) is 10.4. The molecule has 9 N–H and O–H groups in total. The first-order valence-electron chi connectivity index (χ1n) is 8.89. The second-order valence-electron chi connectivity index (χ2n) is 6.43. The van der Waals surface area contributed by atoms with Crippen LogP contribution in [0.5, 0.6) is 0 Å². The summed E-state index contributed by atoms with van der Waals surface area (Å²) in [6.07, 6.45) is -1.46. The number of hydrogen-bond acceptors (Lipinski definition) is 8. The van der Waals surface area contributed by atoms with Crippen molar-refractivity contribution in [2.75, 3.05) is 5.75 Å². The number of carbonyl (C=O) groups excluding carboxylic acids is 4. The summed E-state index contributed by atoms with van der Waals surface area (Å²) in [6.45, 7) is 1.39. The first-order valence-corrected chi connectivity index (χ1v) is 9.52. The lowest BCUT2D eigenvalue weighted by molar-refractivity contribution is -0.143. The van der Waals surface area contributed by atoms with Crippen LogP contribution in [-0.2, 0) is 28.8 Å². The molecule has 0 saturated carbocycles. The van der Waals surface area contributed by atoms with Gasteiger partial charge in [-0.05, 0) is 19.8 Å². The van der Waals surface area contributed by atoms with E-state index in [1.165, 1.54) is 6.92 Å².